The summed E-state index contributed by atoms with van der Waals surface area (Å²) in [6.45, 7) is 4.37. The van der Waals surface area contributed by atoms with Crippen LogP contribution in [0.25, 0.3) is 0 Å². The molecular formula is C30H28F2N4O2. The van der Waals surface area contributed by atoms with Gasteiger partial charge in [0.2, 0.25) is 0 Å². The van der Waals surface area contributed by atoms with Crippen molar-refractivity contribution in [2.45, 2.75) is 13.0 Å². The Balaban J connectivity index is 1.15. The Morgan fingerprint density at radius 2 is 1.71 bits per heavy atom. The molecule has 0 atom stereocenters. The molecule has 1 aromatic heterocycles. The Kier molecular flexibility index (Phi) is 7.89. The molecule has 0 bridgehead atoms. The van der Waals surface area contributed by atoms with Gasteiger partial charge in [-0.25, -0.2) is 13.8 Å². The topological polar surface area (TPSA) is 57.7 Å². The molecule has 1 aliphatic rings. The highest BCUT2D eigenvalue weighted by Gasteiger charge is 2.17. The fourth-order valence-electron chi connectivity index (χ4n) is 4.47. The quantitative estimate of drug-likeness (QED) is 0.322. The summed E-state index contributed by atoms with van der Waals surface area (Å²) in [7, 11) is 0. The van der Waals surface area contributed by atoms with E-state index in [4.69, 9.17) is 4.74 Å². The number of hydrogen-bond acceptors (Lipinski definition) is 5. The highest BCUT2D eigenvalue weighted by Crippen LogP contribution is 2.23. The van der Waals surface area contributed by atoms with Crippen LogP contribution in [0.4, 0.5) is 20.3 Å². The van der Waals surface area contributed by atoms with Crippen molar-refractivity contribution in [1.82, 2.24) is 9.88 Å². The molecular weight excluding hydrogens is 486 g/mol. The van der Waals surface area contributed by atoms with E-state index in [2.05, 4.69) is 32.2 Å². The maximum Gasteiger partial charge on any atom is 0.258 e. The average Bonchev–Trinajstić information content (AvgIpc) is 3.15. The lowest BCUT2D eigenvalue weighted by atomic mass is 10.2. The third-order valence-corrected chi connectivity index (χ3v) is 6.38. The standard InChI is InChI=1S/C30H28F2N4O2/c31-23-10-12-27(28(32)19-23)30(37)34-24-11-13-29(33-20-24)36-15-5-14-35(16-17-36)21-22-6-4-9-26(18-22)38-25-7-2-1-3-8-25/h1-4,6-13,18-20H,5,14-17,21H2,(H,34,37). The average molecular weight is 515 g/mol. The smallest absolute Gasteiger partial charge is 0.258 e. The van der Waals surface area contributed by atoms with Crippen molar-refractivity contribution in [2.24, 2.45) is 0 Å². The van der Waals surface area contributed by atoms with Gasteiger partial charge >= 0.3 is 0 Å². The van der Waals surface area contributed by atoms with Crippen molar-refractivity contribution in [3.05, 3.63) is 114 Å². The number of aromatic nitrogens is 1. The van der Waals surface area contributed by atoms with E-state index < -0.39 is 17.5 Å². The van der Waals surface area contributed by atoms with Gasteiger partial charge in [0.1, 0.15) is 29.0 Å². The second-order valence-electron chi connectivity index (χ2n) is 9.16. The van der Waals surface area contributed by atoms with Crippen molar-refractivity contribution in [2.75, 3.05) is 36.4 Å². The number of carbonyl (C=O) groups excluding carboxylic acids is 1. The molecule has 0 saturated carbocycles. The SMILES string of the molecule is O=C(Nc1ccc(N2CCCN(Cc3cccc(Oc4ccccc4)c3)CC2)nc1)c1ccc(F)cc1F. The summed E-state index contributed by atoms with van der Waals surface area (Å²) in [5, 5.41) is 2.61. The highest BCUT2D eigenvalue weighted by atomic mass is 19.1. The van der Waals surface area contributed by atoms with E-state index in [1.807, 2.05) is 48.5 Å². The van der Waals surface area contributed by atoms with Gasteiger partial charge in [0.05, 0.1) is 17.4 Å². The van der Waals surface area contributed by atoms with Gasteiger partial charge in [-0.15, -0.1) is 0 Å². The Hall–Kier alpha value is -4.30. The van der Waals surface area contributed by atoms with Crippen molar-refractivity contribution < 1.29 is 18.3 Å². The third kappa shape index (κ3) is 6.52. The fraction of sp³-hybridized carbons (Fsp3) is 0.200. The number of carbonyl (C=O) groups is 1. The third-order valence-electron chi connectivity index (χ3n) is 6.38. The van der Waals surface area contributed by atoms with Crippen LogP contribution in [0, 0.1) is 11.6 Å². The van der Waals surface area contributed by atoms with Crippen LogP contribution in [-0.4, -0.2) is 42.0 Å². The fourth-order valence-corrected chi connectivity index (χ4v) is 4.47. The van der Waals surface area contributed by atoms with Crippen LogP contribution in [0.1, 0.15) is 22.3 Å². The van der Waals surface area contributed by atoms with Crippen LogP contribution in [0.2, 0.25) is 0 Å². The number of halogens is 2. The Bertz CT molecular complexity index is 1380. The first-order chi connectivity index (χ1) is 18.5. The minimum atomic E-state index is -0.906. The number of amides is 1. The van der Waals surface area contributed by atoms with Crippen molar-refractivity contribution in [3.63, 3.8) is 0 Å². The molecule has 8 heteroatoms. The van der Waals surface area contributed by atoms with Gasteiger partial charge in [0.15, 0.2) is 0 Å². The molecule has 1 amide bonds. The molecule has 0 unspecified atom stereocenters. The summed E-state index contributed by atoms with van der Waals surface area (Å²) in [5.74, 6) is 0.166. The number of nitrogens with zero attached hydrogens (tertiary/aromatic N) is 3. The van der Waals surface area contributed by atoms with Crippen molar-refractivity contribution in [1.29, 1.82) is 0 Å². The Morgan fingerprint density at radius 3 is 2.50 bits per heavy atom. The number of nitrogens with one attached hydrogen (secondary N) is 1. The second kappa shape index (κ2) is 11.8. The maximum absolute atomic E-state index is 13.9. The minimum absolute atomic E-state index is 0.222. The maximum atomic E-state index is 13.9. The van der Waals surface area contributed by atoms with Crippen LogP contribution in [0.5, 0.6) is 11.5 Å². The molecule has 1 saturated heterocycles. The first-order valence-electron chi connectivity index (χ1n) is 12.5. The minimum Gasteiger partial charge on any atom is -0.457 e. The lowest BCUT2D eigenvalue weighted by Crippen LogP contribution is -2.31. The van der Waals surface area contributed by atoms with Gasteiger partial charge in [-0.05, 0) is 60.5 Å². The zero-order valence-corrected chi connectivity index (χ0v) is 20.8. The van der Waals surface area contributed by atoms with Crippen LogP contribution >= 0.6 is 0 Å². The lowest BCUT2D eigenvalue weighted by Gasteiger charge is -2.23. The number of anilines is 2. The van der Waals surface area contributed by atoms with Crippen molar-refractivity contribution >= 4 is 17.4 Å². The Morgan fingerprint density at radius 1 is 0.868 bits per heavy atom. The number of para-hydroxylation sites is 1. The monoisotopic (exact) mass is 514 g/mol. The summed E-state index contributed by atoms with van der Waals surface area (Å²) in [6, 6.07) is 24.4. The number of benzene rings is 3. The van der Waals surface area contributed by atoms with Crippen LogP contribution in [0.15, 0.2) is 91.1 Å². The predicted octanol–water partition coefficient (Wildman–Crippen LogP) is 6.12. The first-order valence-corrected chi connectivity index (χ1v) is 12.5. The molecule has 0 aliphatic carbocycles. The zero-order valence-electron chi connectivity index (χ0n) is 20.8. The highest BCUT2D eigenvalue weighted by molar-refractivity contribution is 6.04. The first kappa shape index (κ1) is 25.4. The normalized spacial score (nSPS) is 14.1. The number of rotatable bonds is 7. The van der Waals surface area contributed by atoms with Crippen LogP contribution in [-0.2, 0) is 6.54 Å². The summed E-state index contributed by atoms with van der Waals surface area (Å²) in [6.07, 6.45) is 2.54. The molecule has 0 spiro atoms. The van der Waals surface area contributed by atoms with E-state index in [1.165, 1.54) is 5.56 Å². The molecule has 6 nitrogen and oxygen atoms in total. The summed E-state index contributed by atoms with van der Waals surface area (Å²) >= 11 is 0. The molecule has 5 rings (SSSR count). The summed E-state index contributed by atoms with van der Waals surface area (Å²) in [4.78, 5) is 21.5. The molecule has 1 N–H and O–H groups in total. The van der Waals surface area contributed by atoms with E-state index in [0.717, 1.165) is 68.6 Å². The number of pyridine rings is 1. The molecule has 2 heterocycles. The molecule has 1 aliphatic heterocycles. The lowest BCUT2D eigenvalue weighted by molar-refractivity contribution is 0.102. The zero-order chi connectivity index (χ0) is 26.3. The van der Waals surface area contributed by atoms with E-state index in [-0.39, 0.29) is 5.56 Å². The summed E-state index contributed by atoms with van der Waals surface area (Å²) in [5.41, 5.74) is 1.42. The molecule has 38 heavy (non-hydrogen) atoms. The van der Waals surface area contributed by atoms with Gasteiger partial charge < -0.3 is 15.0 Å². The second-order valence-corrected chi connectivity index (χ2v) is 9.16. The van der Waals surface area contributed by atoms with Crippen LogP contribution < -0.4 is 15.0 Å². The van der Waals surface area contributed by atoms with Gasteiger partial charge in [-0.1, -0.05) is 30.3 Å². The Labute approximate surface area is 220 Å². The largest absolute Gasteiger partial charge is 0.457 e. The molecule has 4 aromatic rings. The molecule has 194 valence electrons. The molecule has 3 aromatic carbocycles. The molecule has 0 radical (unpaired) electrons. The molecule has 1 fully saturated rings. The van der Waals surface area contributed by atoms with Gasteiger partial charge in [-0.3, -0.25) is 9.69 Å². The van der Waals surface area contributed by atoms with Crippen LogP contribution in [0.3, 0.4) is 0 Å². The van der Waals surface area contributed by atoms with E-state index in [1.54, 1.807) is 12.3 Å². The van der Waals surface area contributed by atoms with Gasteiger partial charge in [-0.2, -0.15) is 0 Å². The van der Waals surface area contributed by atoms with E-state index in [9.17, 15) is 13.6 Å². The number of hydrogen-bond donors (Lipinski definition) is 1. The number of ether oxygens (including phenoxy) is 1. The van der Waals surface area contributed by atoms with Gasteiger partial charge in [0, 0.05) is 38.8 Å². The van der Waals surface area contributed by atoms with Crippen molar-refractivity contribution in [3.8, 4) is 11.5 Å². The van der Waals surface area contributed by atoms with Gasteiger partial charge in [0.25, 0.3) is 5.91 Å². The van der Waals surface area contributed by atoms with E-state index >= 15 is 0 Å². The summed E-state index contributed by atoms with van der Waals surface area (Å²) < 4.78 is 33.0. The predicted molar refractivity (Wildman–Crippen MR) is 144 cm³/mol. The van der Waals surface area contributed by atoms with E-state index in [0.29, 0.717) is 11.8 Å².